The molecule has 0 aliphatic heterocycles. The Labute approximate surface area is 119 Å². The van der Waals surface area contributed by atoms with Crippen LogP contribution in [0.5, 0.6) is 0 Å². The fourth-order valence-corrected chi connectivity index (χ4v) is 1.83. The van der Waals surface area contributed by atoms with Gasteiger partial charge in [-0.2, -0.15) is 0 Å². The van der Waals surface area contributed by atoms with Crippen LogP contribution < -0.4 is 11.1 Å². The lowest BCUT2D eigenvalue weighted by atomic mass is 10.3. The number of hydrogen-bond acceptors (Lipinski definition) is 4. The van der Waals surface area contributed by atoms with Gasteiger partial charge in [-0.3, -0.25) is 9.59 Å². The van der Waals surface area contributed by atoms with Crippen molar-refractivity contribution in [3.8, 4) is 0 Å². The number of nitrogens with one attached hydrogen (secondary N) is 1. The summed E-state index contributed by atoms with van der Waals surface area (Å²) < 4.78 is 1.31. The van der Waals surface area contributed by atoms with Crippen LogP contribution in [0.4, 0.5) is 5.69 Å². The maximum Gasteiger partial charge on any atom is 0.271 e. The first-order chi connectivity index (χ1) is 9.47. The summed E-state index contributed by atoms with van der Waals surface area (Å²) in [5, 5.41) is 10.5. The van der Waals surface area contributed by atoms with E-state index >= 15 is 0 Å². The molecule has 3 N–H and O–H groups in total. The van der Waals surface area contributed by atoms with Crippen LogP contribution in [0.25, 0.3) is 0 Å². The van der Waals surface area contributed by atoms with Gasteiger partial charge in [0, 0.05) is 10.7 Å². The van der Waals surface area contributed by atoms with E-state index in [0.717, 1.165) is 0 Å². The lowest BCUT2D eigenvalue weighted by molar-refractivity contribution is -0.117. The number of carbonyl (C=O) groups excluding carboxylic acids is 2. The smallest absolute Gasteiger partial charge is 0.271 e. The summed E-state index contributed by atoms with van der Waals surface area (Å²) in [7, 11) is 0. The first-order valence-corrected chi connectivity index (χ1v) is 6.10. The number of primary amides is 1. The van der Waals surface area contributed by atoms with Crippen molar-refractivity contribution >= 4 is 29.1 Å². The van der Waals surface area contributed by atoms with E-state index in [1.54, 1.807) is 31.2 Å². The molecule has 2 aromatic rings. The third-order valence-electron chi connectivity index (χ3n) is 2.62. The van der Waals surface area contributed by atoms with Crippen molar-refractivity contribution in [3.05, 3.63) is 40.7 Å². The zero-order chi connectivity index (χ0) is 14.7. The Hall–Kier alpha value is -2.41. The molecule has 0 radical (unpaired) electrons. The second-order valence-corrected chi connectivity index (χ2v) is 4.54. The average molecular weight is 294 g/mol. The molecule has 2 amide bonds. The van der Waals surface area contributed by atoms with Crippen LogP contribution in [0.15, 0.2) is 24.3 Å². The SMILES string of the molecule is Cc1c(C(N)=O)nnn1CC(=O)Nc1cccc(Cl)c1. The van der Waals surface area contributed by atoms with Crippen molar-refractivity contribution < 1.29 is 9.59 Å². The van der Waals surface area contributed by atoms with Gasteiger partial charge in [-0.05, 0) is 25.1 Å². The number of benzene rings is 1. The van der Waals surface area contributed by atoms with E-state index in [4.69, 9.17) is 17.3 Å². The summed E-state index contributed by atoms with van der Waals surface area (Å²) >= 11 is 5.82. The standard InChI is InChI=1S/C12H12ClN5O2/c1-7-11(12(14)20)16-17-18(7)6-10(19)15-9-4-2-3-8(13)5-9/h2-5H,6H2,1H3,(H2,14,20)(H,15,19). The average Bonchev–Trinajstić information content (AvgIpc) is 2.71. The Kier molecular flexibility index (Phi) is 3.99. The number of rotatable bonds is 4. The molecule has 0 aliphatic rings. The normalized spacial score (nSPS) is 10.3. The largest absolute Gasteiger partial charge is 0.364 e. The molecule has 0 unspecified atom stereocenters. The van der Waals surface area contributed by atoms with Crippen molar-refractivity contribution in [2.24, 2.45) is 5.73 Å². The van der Waals surface area contributed by atoms with E-state index in [1.807, 2.05) is 0 Å². The minimum absolute atomic E-state index is 0.0561. The fraction of sp³-hybridized carbons (Fsp3) is 0.167. The molecular weight excluding hydrogens is 282 g/mol. The van der Waals surface area contributed by atoms with Gasteiger partial charge in [0.25, 0.3) is 5.91 Å². The van der Waals surface area contributed by atoms with Crippen molar-refractivity contribution in [3.63, 3.8) is 0 Å². The molecule has 0 aliphatic carbocycles. The molecular formula is C12H12ClN5O2. The predicted octanol–water partition coefficient (Wildman–Crippen LogP) is 0.978. The molecule has 1 aromatic heterocycles. The monoisotopic (exact) mass is 293 g/mol. The number of carbonyl (C=O) groups is 2. The van der Waals surface area contributed by atoms with Gasteiger partial charge in [0.15, 0.2) is 5.69 Å². The number of amides is 2. The molecule has 0 saturated carbocycles. The number of hydrogen-bond donors (Lipinski definition) is 2. The maximum atomic E-state index is 11.9. The molecule has 0 saturated heterocycles. The number of nitrogens with two attached hydrogens (primary N) is 1. The van der Waals surface area contributed by atoms with Crippen LogP contribution in [0.2, 0.25) is 5.02 Å². The lowest BCUT2D eigenvalue weighted by Gasteiger charge is -2.06. The zero-order valence-corrected chi connectivity index (χ0v) is 11.4. The van der Waals surface area contributed by atoms with Crippen LogP contribution >= 0.6 is 11.6 Å². The number of nitrogens with zero attached hydrogens (tertiary/aromatic N) is 3. The van der Waals surface area contributed by atoms with Crippen LogP contribution in [0, 0.1) is 6.92 Å². The first-order valence-electron chi connectivity index (χ1n) is 5.72. The minimum atomic E-state index is -0.677. The summed E-state index contributed by atoms with van der Waals surface area (Å²) in [5.74, 6) is -0.986. The van der Waals surface area contributed by atoms with Gasteiger partial charge in [0.1, 0.15) is 6.54 Å². The molecule has 1 aromatic carbocycles. The van der Waals surface area contributed by atoms with Gasteiger partial charge in [-0.15, -0.1) is 5.10 Å². The van der Waals surface area contributed by atoms with Crippen molar-refractivity contribution in [2.45, 2.75) is 13.5 Å². The molecule has 8 heteroatoms. The molecule has 0 atom stereocenters. The van der Waals surface area contributed by atoms with Gasteiger partial charge in [-0.1, -0.05) is 22.9 Å². The fourth-order valence-electron chi connectivity index (χ4n) is 1.64. The van der Waals surface area contributed by atoms with Gasteiger partial charge in [0.2, 0.25) is 5.91 Å². The second kappa shape index (κ2) is 5.70. The highest BCUT2D eigenvalue weighted by Gasteiger charge is 2.15. The number of aromatic nitrogens is 3. The van der Waals surface area contributed by atoms with Gasteiger partial charge >= 0.3 is 0 Å². The minimum Gasteiger partial charge on any atom is -0.364 e. The highest BCUT2D eigenvalue weighted by atomic mass is 35.5. The summed E-state index contributed by atoms with van der Waals surface area (Å²) in [6, 6.07) is 6.77. The summed E-state index contributed by atoms with van der Waals surface area (Å²) in [6.07, 6.45) is 0. The molecule has 7 nitrogen and oxygen atoms in total. The quantitative estimate of drug-likeness (QED) is 0.877. The number of anilines is 1. The van der Waals surface area contributed by atoms with E-state index in [2.05, 4.69) is 15.6 Å². The molecule has 20 heavy (non-hydrogen) atoms. The second-order valence-electron chi connectivity index (χ2n) is 4.10. The maximum absolute atomic E-state index is 11.9. The Balaban J connectivity index is 2.07. The highest BCUT2D eigenvalue weighted by molar-refractivity contribution is 6.30. The van der Waals surface area contributed by atoms with E-state index in [-0.39, 0.29) is 18.1 Å². The molecule has 1 heterocycles. The van der Waals surface area contributed by atoms with Crippen LogP contribution in [-0.4, -0.2) is 26.8 Å². The van der Waals surface area contributed by atoms with Gasteiger partial charge < -0.3 is 11.1 Å². The summed E-state index contributed by atoms with van der Waals surface area (Å²) in [5.41, 5.74) is 6.21. The predicted molar refractivity (Wildman–Crippen MR) is 73.4 cm³/mol. The Bertz CT molecular complexity index is 668. The Morgan fingerprint density at radius 2 is 2.20 bits per heavy atom. The van der Waals surface area contributed by atoms with E-state index in [9.17, 15) is 9.59 Å². The summed E-state index contributed by atoms with van der Waals surface area (Å²) in [4.78, 5) is 22.9. The van der Waals surface area contributed by atoms with Gasteiger partial charge in [-0.25, -0.2) is 4.68 Å². The van der Waals surface area contributed by atoms with Crippen molar-refractivity contribution in [1.82, 2.24) is 15.0 Å². The van der Waals surface area contributed by atoms with Crippen LogP contribution in [0.1, 0.15) is 16.2 Å². The summed E-state index contributed by atoms with van der Waals surface area (Å²) in [6.45, 7) is 1.55. The van der Waals surface area contributed by atoms with Crippen LogP contribution in [-0.2, 0) is 11.3 Å². The zero-order valence-electron chi connectivity index (χ0n) is 10.6. The lowest BCUT2D eigenvalue weighted by Crippen LogP contribution is -2.21. The molecule has 0 spiro atoms. The molecule has 104 valence electrons. The van der Waals surface area contributed by atoms with E-state index < -0.39 is 5.91 Å². The van der Waals surface area contributed by atoms with Crippen molar-refractivity contribution in [1.29, 1.82) is 0 Å². The molecule has 0 fully saturated rings. The third-order valence-corrected chi connectivity index (χ3v) is 2.85. The topological polar surface area (TPSA) is 103 Å². The Morgan fingerprint density at radius 3 is 2.80 bits per heavy atom. The third kappa shape index (κ3) is 3.12. The highest BCUT2D eigenvalue weighted by Crippen LogP contribution is 2.14. The van der Waals surface area contributed by atoms with Crippen molar-refractivity contribution in [2.75, 3.05) is 5.32 Å². The van der Waals surface area contributed by atoms with E-state index in [0.29, 0.717) is 16.4 Å². The molecule has 0 bridgehead atoms. The molecule has 2 rings (SSSR count). The van der Waals surface area contributed by atoms with E-state index in [1.165, 1.54) is 4.68 Å². The first kappa shape index (κ1) is 14.0. The van der Waals surface area contributed by atoms with Gasteiger partial charge in [0.05, 0.1) is 5.69 Å². The number of halogens is 1. The Morgan fingerprint density at radius 1 is 1.45 bits per heavy atom. The van der Waals surface area contributed by atoms with Crippen LogP contribution in [0.3, 0.4) is 0 Å².